The van der Waals surface area contributed by atoms with E-state index < -0.39 is 10.0 Å². The predicted molar refractivity (Wildman–Crippen MR) is 105 cm³/mol. The highest BCUT2D eigenvalue weighted by Crippen LogP contribution is 2.31. The van der Waals surface area contributed by atoms with E-state index in [1.165, 1.54) is 29.2 Å². The van der Waals surface area contributed by atoms with Crippen LogP contribution in [0.5, 0.6) is 11.5 Å². The molecule has 1 aliphatic rings. The highest BCUT2D eigenvalue weighted by Gasteiger charge is 2.24. The van der Waals surface area contributed by atoms with Gasteiger partial charge in [-0.2, -0.15) is 0 Å². The minimum absolute atomic E-state index is 0.126. The Morgan fingerprint density at radius 3 is 2.43 bits per heavy atom. The van der Waals surface area contributed by atoms with Gasteiger partial charge in [-0.25, -0.2) is 13.1 Å². The van der Waals surface area contributed by atoms with Crippen molar-refractivity contribution in [2.75, 3.05) is 20.2 Å². The van der Waals surface area contributed by atoms with Crippen LogP contribution in [0.4, 0.5) is 0 Å². The van der Waals surface area contributed by atoms with Gasteiger partial charge in [0.2, 0.25) is 10.0 Å². The third kappa shape index (κ3) is 4.63. The van der Waals surface area contributed by atoms with Crippen molar-refractivity contribution in [2.24, 2.45) is 0 Å². The van der Waals surface area contributed by atoms with Gasteiger partial charge in [-0.05, 0) is 50.2 Å². The predicted octanol–water partition coefficient (Wildman–Crippen LogP) is 2.29. The molecule has 1 amide bonds. The molecule has 28 heavy (non-hydrogen) atoms. The van der Waals surface area contributed by atoms with Crippen molar-refractivity contribution >= 4 is 15.9 Å². The minimum Gasteiger partial charge on any atom is -0.486 e. The molecule has 2 aromatic rings. The number of rotatable bonds is 6. The van der Waals surface area contributed by atoms with Crippen LogP contribution in [0.2, 0.25) is 0 Å². The van der Waals surface area contributed by atoms with Crippen LogP contribution in [0, 0.1) is 0 Å². The Balaban J connectivity index is 1.64. The molecule has 1 atom stereocenters. The monoisotopic (exact) mass is 404 g/mol. The van der Waals surface area contributed by atoms with Crippen LogP contribution >= 0.6 is 0 Å². The van der Waals surface area contributed by atoms with Gasteiger partial charge in [0, 0.05) is 18.7 Å². The summed E-state index contributed by atoms with van der Waals surface area (Å²) in [5.74, 6) is 1.13. The van der Waals surface area contributed by atoms with Gasteiger partial charge < -0.3 is 14.4 Å². The van der Waals surface area contributed by atoms with Crippen LogP contribution in [-0.2, 0) is 10.0 Å². The fraction of sp³-hybridized carbons (Fsp3) is 0.350. The van der Waals surface area contributed by atoms with E-state index in [1.54, 1.807) is 20.9 Å². The van der Waals surface area contributed by atoms with Gasteiger partial charge in [0.05, 0.1) is 11.4 Å². The van der Waals surface area contributed by atoms with Gasteiger partial charge in [-0.3, -0.25) is 4.79 Å². The fourth-order valence-corrected chi connectivity index (χ4v) is 4.17. The Labute approximate surface area is 165 Å². The van der Waals surface area contributed by atoms with Crippen LogP contribution in [0.3, 0.4) is 0 Å². The molecule has 0 bridgehead atoms. The summed E-state index contributed by atoms with van der Waals surface area (Å²) >= 11 is 0. The fourth-order valence-electron chi connectivity index (χ4n) is 2.92. The summed E-state index contributed by atoms with van der Waals surface area (Å²) < 4.78 is 38.4. The van der Waals surface area contributed by atoms with Crippen molar-refractivity contribution in [2.45, 2.75) is 30.9 Å². The molecule has 0 aromatic heterocycles. The van der Waals surface area contributed by atoms with Gasteiger partial charge >= 0.3 is 0 Å². The SMILES string of the molecule is CC(C)NS(=O)(=O)c1ccc(C(=O)N(C)CC2COc3ccccc3O2)cc1. The summed E-state index contributed by atoms with van der Waals surface area (Å²) in [5.41, 5.74) is 0.406. The van der Waals surface area contributed by atoms with E-state index in [9.17, 15) is 13.2 Å². The van der Waals surface area contributed by atoms with Crippen LogP contribution in [-0.4, -0.2) is 51.6 Å². The highest BCUT2D eigenvalue weighted by molar-refractivity contribution is 7.89. The van der Waals surface area contributed by atoms with E-state index in [0.29, 0.717) is 30.2 Å². The van der Waals surface area contributed by atoms with Crippen molar-refractivity contribution in [3.8, 4) is 11.5 Å². The molecule has 8 heteroatoms. The molecule has 0 aliphatic carbocycles. The summed E-state index contributed by atoms with van der Waals surface area (Å²) in [6.45, 7) is 4.20. The van der Waals surface area contributed by atoms with Crippen LogP contribution < -0.4 is 14.2 Å². The number of nitrogens with zero attached hydrogens (tertiary/aromatic N) is 1. The first-order valence-electron chi connectivity index (χ1n) is 9.02. The molecule has 0 spiro atoms. The molecule has 150 valence electrons. The van der Waals surface area contributed by atoms with Crippen molar-refractivity contribution in [3.05, 3.63) is 54.1 Å². The molecule has 1 N–H and O–H groups in total. The van der Waals surface area contributed by atoms with Gasteiger partial charge in [-0.1, -0.05) is 12.1 Å². The number of sulfonamides is 1. The summed E-state index contributed by atoms with van der Waals surface area (Å²) in [6.07, 6.45) is -0.279. The second-order valence-electron chi connectivity index (χ2n) is 6.98. The molecule has 0 fully saturated rings. The number of benzene rings is 2. The van der Waals surface area contributed by atoms with Crippen LogP contribution in [0.15, 0.2) is 53.4 Å². The molecule has 1 unspecified atom stereocenters. The number of carbonyl (C=O) groups is 1. The number of carbonyl (C=O) groups excluding carboxylic acids is 1. The maximum absolute atomic E-state index is 12.7. The largest absolute Gasteiger partial charge is 0.486 e. The van der Waals surface area contributed by atoms with E-state index in [4.69, 9.17) is 9.47 Å². The Hall–Kier alpha value is -2.58. The number of likely N-dealkylation sites (N-methyl/N-ethyl adjacent to an activating group) is 1. The van der Waals surface area contributed by atoms with Crippen molar-refractivity contribution in [1.29, 1.82) is 0 Å². The molecule has 7 nitrogen and oxygen atoms in total. The lowest BCUT2D eigenvalue weighted by atomic mass is 10.2. The average molecular weight is 404 g/mol. The van der Waals surface area contributed by atoms with E-state index >= 15 is 0 Å². The van der Waals surface area contributed by atoms with E-state index in [0.717, 1.165) is 0 Å². The van der Waals surface area contributed by atoms with Crippen molar-refractivity contribution in [3.63, 3.8) is 0 Å². The standard InChI is InChI=1S/C20H24N2O5S/c1-14(2)21-28(24,25)17-10-8-15(9-11-17)20(23)22(3)12-16-13-26-18-6-4-5-7-19(18)27-16/h4-11,14,16,21H,12-13H2,1-3H3. The highest BCUT2D eigenvalue weighted by atomic mass is 32.2. The summed E-state index contributed by atoms with van der Waals surface area (Å²) in [4.78, 5) is 14.3. The second-order valence-corrected chi connectivity index (χ2v) is 8.70. The first-order chi connectivity index (χ1) is 13.3. The maximum Gasteiger partial charge on any atom is 0.253 e. The zero-order valence-corrected chi connectivity index (χ0v) is 16.9. The van der Waals surface area contributed by atoms with E-state index in [-0.39, 0.29) is 22.9 Å². The number of ether oxygens (including phenoxy) is 2. The first kappa shape index (κ1) is 20.2. The number of para-hydroxylation sites is 2. The molecule has 1 heterocycles. The lowest BCUT2D eigenvalue weighted by Crippen LogP contribution is -2.41. The molecule has 0 radical (unpaired) electrons. The summed E-state index contributed by atoms with van der Waals surface area (Å²) in [7, 11) is -1.91. The van der Waals surface area contributed by atoms with Gasteiger partial charge in [0.25, 0.3) is 5.91 Å². The van der Waals surface area contributed by atoms with Gasteiger partial charge in [-0.15, -0.1) is 0 Å². The number of nitrogens with one attached hydrogen (secondary N) is 1. The van der Waals surface area contributed by atoms with Crippen molar-refractivity contribution in [1.82, 2.24) is 9.62 Å². The molecule has 1 aliphatic heterocycles. The van der Waals surface area contributed by atoms with Crippen LogP contribution in [0.1, 0.15) is 24.2 Å². The number of amides is 1. The molecule has 3 rings (SSSR count). The van der Waals surface area contributed by atoms with Crippen molar-refractivity contribution < 1.29 is 22.7 Å². The molecule has 2 aromatic carbocycles. The lowest BCUT2D eigenvalue weighted by molar-refractivity contribution is 0.0521. The third-order valence-corrected chi connectivity index (χ3v) is 5.87. The lowest BCUT2D eigenvalue weighted by Gasteiger charge is -2.29. The Morgan fingerprint density at radius 2 is 1.79 bits per heavy atom. The zero-order chi connectivity index (χ0) is 20.3. The molecule has 0 saturated heterocycles. The topological polar surface area (TPSA) is 84.9 Å². The third-order valence-electron chi connectivity index (χ3n) is 4.19. The maximum atomic E-state index is 12.7. The smallest absolute Gasteiger partial charge is 0.253 e. The Kier molecular flexibility index (Phi) is 5.90. The first-order valence-corrected chi connectivity index (χ1v) is 10.5. The average Bonchev–Trinajstić information content (AvgIpc) is 2.66. The van der Waals surface area contributed by atoms with Gasteiger partial charge in [0.1, 0.15) is 6.61 Å². The Morgan fingerprint density at radius 1 is 1.14 bits per heavy atom. The molecular weight excluding hydrogens is 380 g/mol. The van der Waals surface area contributed by atoms with Gasteiger partial charge in [0.15, 0.2) is 17.6 Å². The zero-order valence-electron chi connectivity index (χ0n) is 16.1. The Bertz CT molecular complexity index is 941. The number of hydrogen-bond donors (Lipinski definition) is 1. The number of fused-ring (bicyclic) bond motifs is 1. The quantitative estimate of drug-likeness (QED) is 0.799. The summed E-state index contributed by atoms with van der Waals surface area (Å²) in [6, 6.07) is 13.1. The van der Waals surface area contributed by atoms with Crippen LogP contribution in [0.25, 0.3) is 0 Å². The van der Waals surface area contributed by atoms with E-state index in [2.05, 4.69) is 4.72 Å². The summed E-state index contributed by atoms with van der Waals surface area (Å²) in [5, 5.41) is 0. The van der Waals surface area contributed by atoms with E-state index in [1.807, 2.05) is 24.3 Å². The molecule has 0 saturated carbocycles. The normalized spacial score (nSPS) is 16.1. The minimum atomic E-state index is -3.58. The second kappa shape index (κ2) is 8.20. The molecular formula is C20H24N2O5S. The number of hydrogen-bond acceptors (Lipinski definition) is 5.